The Morgan fingerprint density at radius 3 is 2.63 bits per heavy atom. The Bertz CT molecular complexity index is 737. The fourth-order valence-corrected chi connectivity index (χ4v) is 5.04. The molecule has 1 aliphatic rings. The maximum Gasteiger partial charge on any atom is 0.348 e. The largest absolute Gasteiger partial charge is 0.459 e. The molecule has 1 aromatic heterocycles. The topological polar surface area (TPSA) is 49.8 Å². The van der Waals surface area contributed by atoms with Crippen molar-refractivity contribution in [2.24, 2.45) is 5.92 Å². The Kier molecular flexibility index (Phi) is 11.4. The summed E-state index contributed by atoms with van der Waals surface area (Å²) in [6, 6.07) is 14.4. The molecule has 2 aromatic rings. The van der Waals surface area contributed by atoms with Crippen LogP contribution < -0.4 is 0 Å². The molecule has 1 aliphatic carbocycles. The SMILES string of the molecule is CCCc1ccc(C(=O)OCCO)s1.CN(Cc1ccccc1)CC1CCC(Cl)C1. The van der Waals surface area contributed by atoms with Gasteiger partial charge in [-0.3, -0.25) is 0 Å². The number of halogens is 1. The summed E-state index contributed by atoms with van der Waals surface area (Å²) >= 11 is 7.59. The first-order chi connectivity index (χ1) is 14.5. The number of hydrogen-bond donors (Lipinski definition) is 1. The van der Waals surface area contributed by atoms with Gasteiger partial charge in [0, 0.05) is 23.3 Å². The lowest BCUT2D eigenvalue weighted by molar-refractivity contribution is 0.0439. The maximum atomic E-state index is 11.3. The summed E-state index contributed by atoms with van der Waals surface area (Å²) in [5.41, 5.74) is 1.39. The number of ether oxygens (including phenoxy) is 1. The zero-order valence-electron chi connectivity index (χ0n) is 18.1. The van der Waals surface area contributed by atoms with Crippen molar-refractivity contribution in [3.05, 3.63) is 57.8 Å². The lowest BCUT2D eigenvalue weighted by atomic mass is 10.1. The first-order valence-corrected chi connectivity index (χ1v) is 12.0. The average Bonchev–Trinajstić information content (AvgIpc) is 3.36. The fraction of sp³-hybridized carbons (Fsp3) is 0.542. The normalized spacial score (nSPS) is 18.2. The number of aliphatic hydroxyl groups is 1. The molecule has 166 valence electrons. The predicted molar refractivity (Wildman–Crippen MR) is 125 cm³/mol. The van der Waals surface area contributed by atoms with Crippen molar-refractivity contribution in [3.63, 3.8) is 0 Å². The van der Waals surface area contributed by atoms with Gasteiger partial charge in [-0.15, -0.1) is 22.9 Å². The Morgan fingerprint density at radius 2 is 2.00 bits per heavy atom. The van der Waals surface area contributed by atoms with E-state index in [9.17, 15) is 4.79 Å². The second-order valence-electron chi connectivity index (χ2n) is 7.83. The number of esters is 1. The van der Waals surface area contributed by atoms with Crippen molar-refractivity contribution < 1.29 is 14.6 Å². The van der Waals surface area contributed by atoms with E-state index in [1.165, 1.54) is 47.6 Å². The highest BCUT2D eigenvalue weighted by molar-refractivity contribution is 7.13. The summed E-state index contributed by atoms with van der Waals surface area (Å²) in [5.74, 6) is 0.461. The minimum atomic E-state index is -0.341. The van der Waals surface area contributed by atoms with E-state index in [1.807, 2.05) is 6.07 Å². The zero-order valence-corrected chi connectivity index (χ0v) is 19.6. The molecule has 0 saturated heterocycles. The Morgan fingerprint density at radius 1 is 1.23 bits per heavy atom. The van der Waals surface area contributed by atoms with Gasteiger partial charge >= 0.3 is 5.97 Å². The van der Waals surface area contributed by atoms with Crippen molar-refractivity contribution in [3.8, 4) is 0 Å². The number of benzene rings is 1. The number of hydrogen-bond acceptors (Lipinski definition) is 5. The van der Waals surface area contributed by atoms with E-state index < -0.39 is 0 Å². The van der Waals surface area contributed by atoms with Gasteiger partial charge in [0.25, 0.3) is 0 Å². The third kappa shape index (κ3) is 9.17. The van der Waals surface area contributed by atoms with Gasteiger partial charge in [0.15, 0.2) is 0 Å². The molecule has 0 bridgehead atoms. The third-order valence-corrected chi connectivity index (χ3v) is 6.55. The molecule has 2 atom stereocenters. The molecular weight excluding hydrogens is 418 g/mol. The van der Waals surface area contributed by atoms with E-state index in [0.29, 0.717) is 10.3 Å². The molecule has 30 heavy (non-hydrogen) atoms. The predicted octanol–water partition coefficient (Wildman–Crippen LogP) is 5.38. The van der Waals surface area contributed by atoms with E-state index >= 15 is 0 Å². The van der Waals surface area contributed by atoms with Crippen LogP contribution in [0.1, 0.15) is 52.7 Å². The van der Waals surface area contributed by atoms with E-state index in [4.69, 9.17) is 21.4 Å². The second-order valence-corrected chi connectivity index (χ2v) is 9.62. The van der Waals surface area contributed by atoms with Crippen LogP contribution in [0.3, 0.4) is 0 Å². The molecule has 6 heteroatoms. The smallest absolute Gasteiger partial charge is 0.348 e. The monoisotopic (exact) mass is 451 g/mol. The summed E-state index contributed by atoms with van der Waals surface area (Å²) in [5, 5.41) is 8.90. The van der Waals surface area contributed by atoms with Gasteiger partial charge in [-0.1, -0.05) is 43.7 Å². The lowest BCUT2D eigenvalue weighted by Gasteiger charge is -2.20. The van der Waals surface area contributed by atoms with Crippen molar-refractivity contribution >= 4 is 28.9 Å². The molecule has 1 aromatic carbocycles. The molecule has 2 unspecified atom stereocenters. The van der Waals surface area contributed by atoms with Crippen molar-refractivity contribution in [1.82, 2.24) is 4.90 Å². The van der Waals surface area contributed by atoms with E-state index in [2.05, 4.69) is 49.2 Å². The molecule has 0 radical (unpaired) electrons. The standard InChI is InChI=1S/C14H20ClN.C10H14O3S/c1-16(10-12-5-3-2-4-6-12)11-13-7-8-14(15)9-13;1-2-3-8-4-5-9(14-8)10(12)13-7-6-11/h2-6,13-14H,7-11H2,1H3;4-5,11H,2-3,6-7H2,1H3. The minimum absolute atomic E-state index is 0.0693. The Hall–Kier alpha value is -1.40. The van der Waals surface area contributed by atoms with Gasteiger partial charge < -0.3 is 14.7 Å². The third-order valence-electron chi connectivity index (χ3n) is 5.03. The molecule has 0 amide bonds. The van der Waals surface area contributed by atoms with Crippen LogP contribution in [-0.2, 0) is 17.7 Å². The minimum Gasteiger partial charge on any atom is -0.459 e. The number of rotatable bonds is 9. The fourth-order valence-electron chi connectivity index (χ4n) is 3.66. The number of aliphatic hydroxyl groups excluding tert-OH is 1. The van der Waals surface area contributed by atoms with Crippen LogP contribution in [0.2, 0.25) is 0 Å². The molecule has 3 rings (SSSR count). The summed E-state index contributed by atoms with van der Waals surface area (Å²) in [6.07, 6.45) is 5.77. The molecule has 0 spiro atoms. The number of alkyl halides is 1. The molecule has 1 N–H and O–H groups in total. The second kappa shape index (κ2) is 13.8. The first kappa shape index (κ1) is 24.9. The number of thiophene rings is 1. The van der Waals surface area contributed by atoms with Crippen molar-refractivity contribution in [1.29, 1.82) is 0 Å². The van der Waals surface area contributed by atoms with E-state index in [-0.39, 0.29) is 19.2 Å². The Balaban J connectivity index is 0.000000216. The zero-order chi connectivity index (χ0) is 21.8. The first-order valence-electron chi connectivity index (χ1n) is 10.7. The summed E-state index contributed by atoms with van der Waals surface area (Å²) < 4.78 is 4.79. The summed E-state index contributed by atoms with van der Waals surface area (Å²) in [6.45, 7) is 4.27. The molecule has 1 saturated carbocycles. The molecule has 1 heterocycles. The maximum absolute atomic E-state index is 11.3. The van der Waals surface area contributed by atoms with Gasteiger partial charge in [0.1, 0.15) is 11.5 Å². The van der Waals surface area contributed by atoms with E-state index in [1.54, 1.807) is 6.07 Å². The van der Waals surface area contributed by atoms with Crippen molar-refractivity contribution in [2.45, 2.75) is 50.9 Å². The van der Waals surface area contributed by atoms with Crippen LogP contribution in [0, 0.1) is 5.92 Å². The lowest BCUT2D eigenvalue weighted by Crippen LogP contribution is -2.24. The van der Waals surface area contributed by atoms with Crippen LogP contribution in [0.25, 0.3) is 0 Å². The number of aryl methyl sites for hydroxylation is 1. The number of nitrogens with zero attached hydrogens (tertiary/aromatic N) is 1. The molecular formula is C24H34ClNO3S. The van der Waals surface area contributed by atoms with Crippen LogP contribution >= 0.6 is 22.9 Å². The van der Waals surface area contributed by atoms with Gasteiger partial charge in [-0.2, -0.15) is 0 Å². The molecule has 1 fully saturated rings. The van der Waals surface area contributed by atoms with Gasteiger partial charge in [0.05, 0.1) is 6.61 Å². The highest BCUT2D eigenvalue weighted by Gasteiger charge is 2.23. The van der Waals surface area contributed by atoms with Crippen LogP contribution in [-0.4, -0.2) is 48.2 Å². The van der Waals surface area contributed by atoms with Crippen LogP contribution in [0.4, 0.5) is 0 Å². The molecule has 4 nitrogen and oxygen atoms in total. The van der Waals surface area contributed by atoms with Crippen LogP contribution in [0.15, 0.2) is 42.5 Å². The summed E-state index contributed by atoms with van der Waals surface area (Å²) in [4.78, 5) is 15.5. The van der Waals surface area contributed by atoms with Crippen LogP contribution in [0.5, 0.6) is 0 Å². The highest BCUT2D eigenvalue weighted by atomic mass is 35.5. The Labute approximate surface area is 189 Å². The van der Waals surface area contributed by atoms with Gasteiger partial charge in [-0.05, 0) is 56.3 Å². The number of carbonyl (C=O) groups excluding carboxylic acids is 1. The average molecular weight is 452 g/mol. The van der Waals surface area contributed by atoms with Gasteiger partial charge in [-0.25, -0.2) is 4.79 Å². The quantitative estimate of drug-likeness (QED) is 0.411. The number of carbonyl (C=O) groups is 1. The van der Waals surface area contributed by atoms with Crippen molar-refractivity contribution in [2.75, 3.05) is 26.8 Å². The van der Waals surface area contributed by atoms with E-state index in [0.717, 1.165) is 25.3 Å². The highest BCUT2D eigenvalue weighted by Crippen LogP contribution is 2.30. The van der Waals surface area contributed by atoms with Gasteiger partial charge in [0.2, 0.25) is 0 Å². The molecule has 0 aliphatic heterocycles. The summed E-state index contributed by atoms with van der Waals surface area (Å²) in [7, 11) is 2.20.